The van der Waals surface area contributed by atoms with Crippen molar-refractivity contribution in [3.63, 3.8) is 0 Å². The number of benzene rings is 2. The Labute approximate surface area is 166 Å². The molecule has 6 nitrogen and oxygen atoms in total. The van der Waals surface area contributed by atoms with E-state index in [9.17, 15) is 4.79 Å². The first-order chi connectivity index (χ1) is 13.5. The summed E-state index contributed by atoms with van der Waals surface area (Å²) >= 11 is 0. The van der Waals surface area contributed by atoms with Crippen LogP contribution in [0.1, 0.15) is 12.5 Å². The number of carbonyl (C=O) groups excluding carboxylic acids is 1. The fourth-order valence-corrected chi connectivity index (χ4v) is 3.14. The van der Waals surface area contributed by atoms with Gasteiger partial charge in [0.25, 0.3) is 0 Å². The maximum absolute atomic E-state index is 12.6. The van der Waals surface area contributed by atoms with E-state index in [4.69, 9.17) is 14.2 Å². The zero-order chi connectivity index (χ0) is 19.9. The molecule has 1 atom stereocenters. The number of hydrogen-bond donors (Lipinski definition) is 0. The van der Waals surface area contributed by atoms with Crippen molar-refractivity contribution in [1.82, 2.24) is 9.80 Å². The van der Waals surface area contributed by atoms with Crippen LogP contribution in [0.15, 0.2) is 48.5 Å². The number of para-hydroxylation sites is 2. The van der Waals surface area contributed by atoms with Gasteiger partial charge >= 0.3 is 0 Å². The largest absolute Gasteiger partial charge is 0.494 e. The average molecular weight is 384 g/mol. The van der Waals surface area contributed by atoms with E-state index in [2.05, 4.69) is 0 Å². The molecule has 0 N–H and O–H groups in total. The molecule has 0 radical (unpaired) electrons. The van der Waals surface area contributed by atoms with Gasteiger partial charge < -0.3 is 19.1 Å². The fourth-order valence-electron chi connectivity index (χ4n) is 3.14. The van der Waals surface area contributed by atoms with Gasteiger partial charge in [0.2, 0.25) is 5.91 Å². The summed E-state index contributed by atoms with van der Waals surface area (Å²) in [5.41, 5.74) is 1.07. The molecule has 1 unspecified atom stereocenters. The molecule has 150 valence electrons. The van der Waals surface area contributed by atoms with Gasteiger partial charge in [0, 0.05) is 20.1 Å². The molecule has 28 heavy (non-hydrogen) atoms. The summed E-state index contributed by atoms with van der Waals surface area (Å²) in [5.74, 6) is 2.43. The summed E-state index contributed by atoms with van der Waals surface area (Å²) in [5, 5.41) is 0. The Kier molecular flexibility index (Phi) is 6.76. The minimum Gasteiger partial charge on any atom is -0.494 e. The van der Waals surface area contributed by atoms with Crippen LogP contribution in [0.4, 0.5) is 0 Å². The van der Waals surface area contributed by atoms with Crippen LogP contribution in [0.3, 0.4) is 0 Å². The molecule has 6 heteroatoms. The first-order valence-corrected chi connectivity index (χ1v) is 9.58. The van der Waals surface area contributed by atoms with Gasteiger partial charge in [0.05, 0.1) is 13.2 Å². The summed E-state index contributed by atoms with van der Waals surface area (Å²) in [6.45, 7) is 4.60. The number of amides is 1. The number of fused-ring (bicyclic) bond motifs is 1. The monoisotopic (exact) mass is 384 g/mol. The number of ether oxygens (including phenoxy) is 3. The van der Waals surface area contributed by atoms with Gasteiger partial charge in [-0.05, 0) is 43.8 Å². The average Bonchev–Trinajstić information content (AvgIpc) is 2.69. The molecular weight excluding hydrogens is 356 g/mol. The Morgan fingerprint density at radius 3 is 2.54 bits per heavy atom. The molecule has 2 aromatic rings. The Bertz CT molecular complexity index is 778. The Morgan fingerprint density at radius 1 is 1.11 bits per heavy atom. The Balaban J connectivity index is 1.46. The fraction of sp³-hybridized carbons (Fsp3) is 0.409. The normalized spacial score (nSPS) is 15.4. The van der Waals surface area contributed by atoms with Gasteiger partial charge in [-0.2, -0.15) is 0 Å². The molecule has 0 aliphatic carbocycles. The van der Waals surface area contributed by atoms with Gasteiger partial charge in [-0.3, -0.25) is 9.69 Å². The first-order valence-electron chi connectivity index (χ1n) is 9.58. The van der Waals surface area contributed by atoms with E-state index in [1.54, 1.807) is 4.90 Å². The lowest BCUT2D eigenvalue weighted by Gasteiger charge is -2.30. The molecule has 0 bridgehead atoms. The third-order valence-corrected chi connectivity index (χ3v) is 4.57. The van der Waals surface area contributed by atoms with Crippen LogP contribution >= 0.6 is 0 Å². The minimum absolute atomic E-state index is 0.0634. The smallest absolute Gasteiger partial charge is 0.236 e. The van der Waals surface area contributed by atoms with E-state index in [-0.39, 0.29) is 12.0 Å². The van der Waals surface area contributed by atoms with Crippen LogP contribution in [-0.2, 0) is 11.3 Å². The first kappa shape index (κ1) is 20.0. The molecule has 0 aromatic heterocycles. The highest BCUT2D eigenvalue weighted by molar-refractivity contribution is 5.78. The molecule has 1 amide bonds. The number of nitrogens with zero attached hydrogens (tertiary/aromatic N) is 2. The second-order valence-electron chi connectivity index (χ2n) is 7.02. The topological polar surface area (TPSA) is 51.2 Å². The quantitative estimate of drug-likeness (QED) is 0.701. The highest BCUT2D eigenvalue weighted by Gasteiger charge is 2.23. The highest BCUT2D eigenvalue weighted by Crippen LogP contribution is 2.30. The van der Waals surface area contributed by atoms with E-state index in [0.717, 1.165) is 22.8 Å². The molecule has 3 rings (SSSR count). The summed E-state index contributed by atoms with van der Waals surface area (Å²) in [6, 6.07) is 15.5. The molecule has 0 saturated carbocycles. The lowest BCUT2D eigenvalue weighted by Crippen LogP contribution is -2.43. The van der Waals surface area contributed by atoms with Gasteiger partial charge in [-0.1, -0.05) is 24.3 Å². The summed E-state index contributed by atoms with van der Waals surface area (Å²) in [4.78, 5) is 16.3. The minimum atomic E-state index is -0.0934. The predicted octanol–water partition coefficient (Wildman–Crippen LogP) is 2.82. The molecule has 0 fully saturated rings. The summed E-state index contributed by atoms with van der Waals surface area (Å²) in [6.07, 6.45) is -0.0934. The van der Waals surface area contributed by atoms with Gasteiger partial charge in [-0.15, -0.1) is 0 Å². The van der Waals surface area contributed by atoms with Crippen molar-refractivity contribution in [3.8, 4) is 17.2 Å². The maximum atomic E-state index is 12.6. The van der Waals surface area contributed by atoms with Crippen molar-refractivity contribution >= 4 is 5.91 Å². The molecule has 2 aromatic carbocycles. The summed E-state index contributed by atoms with van der Waals surface area (Å²) in [7, 11) is 3.75. The van der Waals surface area contributed by atoms with Gasteiger partial charge in [0.1, 0.15) is 18.5 Å². The zero-order valence-corrected chi connectivity index (χ0v) is 16.8. The Morgan fingerprint density at radius 2 is 1.82 bits per heavy atom. The van der Waals surface area contributed by atoms with E-state index in [1.165, 1.54) is 0 Å². The molecule has 1 heterocycles. The lowest BCUT2D eigenvalue weighted by molar-refractivity contribution is -0.131. The van der Waals surface area contributed by atoms with E-state index in [0.29, 0.717) is 32.8 Å². The lowest BCUT2D eigenvalue weighted by atomic mass is 10.2. The van der Waals surface area contributed by atoms with Gasteiger partial charge in [0.15, 0.2) is 11.5 Å². The van der Waals surface area contributed by atoms with Crippen LogP contribution in [0.25, 0.3) is 0 Å². The molecule has 1 aliphatic heterocycles. The van der Waals surface area contributed by atoms with Crippen molar-refractivity contribution in [2.24, 2.45) is 0 Å². The standard InChI is InChI=1S/C22H28N2O4/c1-4-26-18-11-9-17(10-12-18)13-24(3)22(25)15-23(2)14-19-16-27-20-7-5-6-8-21(20)28-19/h5-12,19H,4,13-16H2,1-3H3. The van der Waals surface area contributed by atoms with E-state index in [1.807, 2.05) is 74.4 Å². The van der Waals surface area contributed by atoms with Crippen LogP contribution < -0.4 is 14.2 Å². The zero-order valence-electron chi connectivity index (χ0n) is 16.8. The van der Waals surface area contributed by atoms with Crippen LogP contribution in [0.5, 0.6) is 17.2 Å². The third-order valence-electron chi connectivity index (χ3n) is 4.57. The predicted molar refractivity (Wildman–Crippen MR) is 108 cm³/mol. The van der Waals surface area contributed by atoms with Crippen LogP contribution in [-0.4, -0.2) is 62.2 Å². The molecule has 1 aliphatic rings. The number of rotatable bonds is 8. The number of carbonyl (C=O) groups is 1. The maximum Gasteiger partial charge on any atom is 0.236 e. The Hall–Kier alpha value is -2.73. The molecular formula is C22H28N2O4. The van der Waals surface area contributed by atoms with E-state index < -0.39 is 0 Å². The van der Waals surface area contributed by atoms with Crippen molar-refractivity contribution < 1.29 is 19.0 Å². The third kappa shape index (κ3) is 5.39. The van der Waals surface area contributed by atoms with Crippen molar-refractivity contribution in [1.29, 1.82) is 0 Å². The van der Waals surface area contributed by atoms with Gasteiger partial charge in [-0.25, -0.2) is 0 Å². The van der Waals surface area contributed by atoms with Crippen molar-refractivity contribution in [2.45, 2.75) is 19.6 Å². The van der Waals surface area contributed by atoms with Crippen molar-refractivity contribution in [3.05, 3.63) is 54.1 Å². The number of likely N-dealkylation sites (N-methyl/N-ethyl adjacent to an activating group) is 2. The van der Waals surface area contributed by atoms with E-state index >= 15 is 0 Å². The van der Waals surface area contributed by atoms with Crippen LogP contribution in [0.2, 0.25) is 0 Å². The molecule has 0 spiro atoms. The number of hydrogen-bond acceptors (Lipinski definition) is 5. The second kappa shape index (κ2) is 9.46. The summed E-state index contributed by atoms with van der Waals surface area (Å²) < 4.78 is 17.2. The molecule has 0 saturated heterocycles. The SMILES string of the molecule is CCOc1ccc(CN(C)C(=O)CN(C)CC2COc3ccccc3O2)cc1. The highest BCUT2D eigenvalue weighted by atomic mass is 16.6. The van der Waals surface area contributed by atoms with Crippen LogP contribution in [0, 0.1) is 0 Å². The second-order valence-corrected chi connectivity index (χ2v) is 7.02. The van der Waals surface area contributed by atoms with Crippen molar-refractivity contribution in [2.75, 3.05) is 40.4 Å².